The molecular weight excluding hydrogens is 248 g/mol. The topological polar surface area (TPSA) is 45.0 Å². The summed E-state index contributed by atoms with van der Waals surface area (Å²) in [6.45, 7) is 4.79. The van der Waals surface area contributed by atoms with Crippen molar-refractivity contribution in [1.29, 1.82) is 5.26 Å². The quantitative estimate of drug-likeness (QED) is 0.737. The van der Waals surface area contributed by atoms with E-state index in [9.17, 15) is 5.26 Å². The van der Waals surface area contributed by atoms with Crippen LogP contribution in [0.2, 0.25) is 0 Å². The first kappa shape index (κ1) is 14.9. The molecule has 0 aliphatic heterocycles. The van der Waals surface area contributed by atoms with Gasteiger partial charge in [0, 0.05) is 6.04 Å². The van der Waals surface area contributed by atoms with Gasteiger partial charge in [-0.1, -0.05) is 19.1 Å². The van der Waals surface area contributed by atoms with Crippen LogP contribution in [0.1, 0.15) is 45.1 Å². The number of nitriles is 1. The molecule has 1 aliphatic carbocycles. The van der Waals surface area contributed by atoms with Crippen molar-refractivity contribution in [2.45, 2.75) is 57.5 Å². The second kappa shape index (κ2) is 6.76. The summed E-state index contributed by atoms with van der Waals surface area (Å²) in [5.41, 5.74) is 0.916. The summed E-state index contributed by atoms with van der Waals surface area (Å²) < 4.78 is 5.73. The van der Waals surface area contributed by atoms with E-state index in [0.29, 0.717) is 12.6 Å². The first-order valence-corrected chi connectivity index (χ1v) is 7.56. The molecule has 0 amide bonds. The van der Waals surface area contributed by atoms with Gasteiger partial charge in [-0.15, -0.1) is 0 Å². The lowest BCUT2D eigenvalue weighted by molar-refractivity contribution is 0.284. The van der Waals surface area contributed by atoms with Gasteiger partial charge in [0.15, 0.2) is 0 Å². The van der Waals surface area contributed by atoms with Crippen molar-refractivity contribution in [2.24, 2.45) is 0 Å². The molecule has 1 fully saturated rings. The minimum Gasteiger partial charge on any atom is -0.494 e. The Morgan fingerprint density at radius 1 is 1.35 bits per heavy atom. The first-order valence-electron chi connectivity index (χ1n) is 7.56. The van der Waals surface area contributed by atoms with Crippen LogP contribution in [0.25, 0.3) is 0 Å². The van der Waals surface area contributed by atoms with E-state index in [2.05, 4.69) is 30.4 Å². The molecule has 0 bridgehead atoms. The van der Waals surface area contributed by atoms with Crippen LogP contribution in [0.3, 0.4) is 0 Å². The Morgan fingerprint density at radius 2 is 2.05 bits per heavy atom. The van der Waals surface area contributed by atoms with Crippen LogP contribution >= 0.6 is 0 Å². The summed E-state index contributed by atoms with van der Waals surface area (Å²) in [5.74, 6) is 0.913. The normalized spacial score (nSPS) is 17.2. The number of nitrogens with zero attached hydrogens (tertiary/aromatic N) is 1. The summed E-state index contributed by atoms with van der Waals surface area (Å²) in [5, 5.41) is 12.7. The van der Waals surface area contributed by atoms with E-state index in [-0.39, 0.29) is 0 Å². The molecule has 0 heterocycles. The number of hydrogen-bond donors (Lipinski definition) is 1. The summed E-state index contributed by atoms with van der Waals surface area (Å²) in [6.07, 6.45) is 5.18. The largest absolute Gasteiger partial charge is 0.494 e. The molecule has 1 aromatic rings. The lowest BCUT2D eigenvalue weighted by Gasteiger charge is -2.23. The molecule has 20 heavy (non-hydrogen) atoms. The highest BCUT2D eigenvalue weighted by Gasteiger charge is 2.31. The molecule has 1 N–H and O–H groups in total. The van der Waals surface area contributed by atoms with Crippen LogP contribution in [-0.4, -0.2) is 18.2 Å². The van der Waals surface area contributed by atoms with E-state index in [0.717, 1.165) is 25.0 Å². The fourth-order valence-corrected chi connectivity index (χ4v) is 2.28. The predicted molar refractivity (Wildman–Crippen MR) is 80.7 cm³/mol. The number of ether oxygens (including phenoxy) is 1. The fraction of sp³-hybridized carbons (Fsp3) is 0.588. The third-order valence-corrected chi connectivity index (χ3v) is 3.77. The van der Waals surface area contributed by atoms with Gasteiger partial charge in [0.1, 0.15) is 11.3 Å². The zero-order valence-corrected chi connectivity index (χ0v) is 12.5. The van der Waals surface area contributed by atoms with E-state index in [1.807, 2.05) is 19.1 Å². The fourth-order valence-electron chi connectivity index (χ4n) is 2.28. The van der Waals surface area contributed by atoms with E-state index in [1.165, 1.54) is 18.4 Å². The highest BCUT2D eigenvalue weighted by atomic mass is 16.5. The van der Waals surface area contributed by atoms with E-state index in [4.69, 9.17) is 4.74 Å². The Bertz CT molecular complexity index is 459. The van der Waals surface area contributed by atoms with E-state index >= 15 is 0 Å². The minimum atomic E-state index is -0.406. The Balaban J connectivity index is 1.70. The van der Waals surface area contributed by atoms with Gasteiger partial charge in [0.2, 0.25) is 0 Å². The Morgan fingerprint density at radius 3 is 2.60 bits per heavy atom. The molecule has 3 nitrogen and oxygen atoms in total. The monoisotopic (exact) mass is 272 g/mol. The number of rotatable bonds is 8. The molecule has 1 aliphatic rings. The predicted octanol–water partition coefficient (Wildman–Crippen LogP) is 3.44. The van der Waals surface area contributed by atoms with Crippen LogP contribution in [0, 0.1) is 11.3 Å². The molecule has 1 atom stereocenters. The highest BCUT2D eigenvalue weighted by molar-refractivity contribution is 5.27. The molecule has 0 spiro atoms. The van der Waals surface area contributed by atoms with Crippen LogP contribution in [-0.2, 0) is 6.42 Å². The van der Waals surface area contributed by atoms with Crippen LogP contribution in [0.5, 0.6) is 5.75 Å². The Hall–Kier alpha value is -1.53. The number of benzene rings is 1. The van der Waals surface area contributed by atoms with Gasteiger partial charge in [-0.25, -0.2) is 0 Å². The Labute approximate surface area is 121 Å². The molecule has 0 saturated heterocycles. The van der Waals surface area contributed by atoms with Gasteiger partial charge in [-0.05, 0) is 56.7 Å². The smallest absolute Gasteiger partial charge is 0.119 e. The van der Waals surface area contributed by atoms with Crippen molar-refractivity contribution in [3.8, 4) is 11.8 Å². The maximum Gasteiger partial charge on any atom is 0.119 e. The van der Waals surface area contributed by atoms with Gasteiger partial charge in [-0.2, -0.15) is 5.26 Å². The molecule has 1 saturated carbocycles. The zero-order chi connectivity index (χ0) is 14.4. The summed E-state index contributed by atoms with van der Waals surface area (Å²) in [7, 11) is 0. The standard InChI is InChI=1S/C17H24N2O/c1-3-14-5-9-16(10-6-14)20-12-4-11-17(2,13-18)19-15-7-8-15/h5-6,9-10,15,19H,3-4,7-8,11-12H2,1-2H3. The lowest BCUT2D eigenvalue weighted by Crippen LogP contribution is -2.42. The maximum atomic E-state index is 9.28. The third-order valence-electron chi connectivity index (χ3n) is 3.77. The molecular formula is C17H24N2O. The second-order valence-electron chi connectivity index (χ2n) is 5.81. The average molecular weight is 272 g/mol. The molecule has 108 valence electrons. The van der Waals surface area contributed by atoms with Gasteiger partial charge < -0.3 is 4.74 Å². The van der Waals surface area contributed by atoms with Crippen LogP contribution in [0.15, 0.2) is 24.3 Å². The second-order valence-corrected chi connectivity index (χ2v) is 5.81. The highest BCUT2D eigenvalue weighted by Crippen LogP contribution is 2.24. The summed E-state index contributed by atoms with van der Waals surface area (Å²) in [6, 6.07) is 11.2. The van der Waals surface area contributed by atoms with Crippen molar-refractivity contribution in [3.63, 3.8) is 0 Å². The van der Waals surface area contributed by atoms with Gasteiger partial charge in [0.05, 0.1) is 12.7 Å². The molecule has 2 rings (SSSR count). The summed E-state index contributed by atoms with van der Waals surface area (Å²) in [4.78, 5) is 0. The SMILES string of the molecule is CCc1ccc(OCCCC(C)(C#N)NC2CC2)cc1. The van der Waals surface area contributed by atoms with Crippen molar-refractivity contribution in [3.05, 3.63) is 29.8 Å². The molecule has 0 aromatic heterocycles. The van der Waals surface area contributed by atoms with Gasteiger partial charge >= 0.3 is 0 Å². The van der Waals surface area contributed by atoms with Crippen molar-refractivity contribution < 1.29 is 4.74 Å². The molecule has 3 heteroatoms. The van der Waals surface area contributed by atoms with E-state index < -0.39 is 5.54 Å². The van der Waals surface area contributed by atoms with Crippen molar-refractivity contribution >= 4 is 0 Å². The average Bonchev–Trinajstić information content (AvgIpc) is 3.28. The van der Waals surface area contributed by atoms with Crippen LogP contribution < -0.4 is 10.1 Å². The number of aryl methyl sites for hydroxylation is 1. The van der Waals surface area contributed by atoms with Gasteiger partial charge in [0.25, 0.3) is 0 Å². The number of nitrogens with one attached hydrogen (secondary N) is 1. The summed E-state index contributed by atoms with van der Waals surface area (Å²) >= 11 is 0. The van der Waals surface area contributed by atoms with E-state index in [1.54, 1.807) is 0 Å². The van der Waals surface area contributed by atoms with Crippen molar-refractivity contribution in [1.82, 2.24) is 5.32 Å². The third kappa shape index (κ3) is 4.54. The maximum absolute atomic E-state index is 9.28. The number of hydrogen-bond acceptors (Lipinski definition) is 3. The van der Waals surface area contributed by atoms with Crippen molar-refractivity contribution in [2.75, 3.05) is 6.61 Å². The minimum absolute atomic E-state index is 0.406. The zero-order valence-electron chi connectivity index (χ0n) is 12.5. The Kier molecular flexibility index (Phi) is 5.03. The molecule has 0 radical (unpaired) electrons. The van der Waals surface area contributed by atoms with Crippen LogP contribution in [0.4, 0.5) is 0 Å². The van der Waals surface area contributed by atoms with Gasteiger partial charge in [-0.3, -0.25) is 5.32 Å². The molecule has 1 unspecified atom stereocenters. The molecule has 1 aromatic carbocycles. The lowest BCUT2D eigenvalue weighted by atomic mass is 9.98. The first-order chi connectivity index (χ1) is 9.65.